The van der Waals surface area contributed by atoms with Gasteiger partial charge in [-0.05, 0) is 12.1 Å². The molecule has 3 aromatic heterocycles. The van der Waals surface area contributed by atoms with Gasteiger partial charge in [-0.1, -0.05) is 6.07 Å². The highest BCUT2D eigenvalue weighted by Gasteiger charge is 2.06. The van der Waals surface area contributed by atoms with Crippen molar-refractivity contribution in [1.82, 2.24) is 18.9 Å². The van der Waals surface area contributed by atoms with Crippen molar-refractivity contribution >= 4 is 5.65 Å². The van der Waals surface area contributed by atoms with Crippen LogP contribution < -0.4 is 5.73 Å². The fraction of sp³-hybridized carbons (Fsp3) is 0.0909. The predicted octanol–water partition coefficient (Wildman–Crippen LogP) is 0.979. The molecule has 2 N–H and O–H groups in total. The van der Waals surface area contributed by atoms with Crippen molar-refractivity contribution in [3.63, 3.8) is 0 Å². The molecule has 5 nitrogen and oxygen atoms in total. The van der Waals surface area contributed by atoms with Gasteiger partial charge in [0.15, 0.2) is 0 Å². The molecule has 0 aromatic carbocycles. The fourth-order valence-corrected chi connectivity index (χ4v) is 1.82. The number of nitrogens with two attached hydrogens (primary N) is 1. The van der Waals surface area contributed by atoms with E-state index in [0.29, 0.717) is 6.54 Å². The zero-order chi connectivity index (χ0) is 11.0. The first-order valence-electron chi connectivity index (χ1n) is 5.05. The van der Waals surface area contributed by atoms with E-state index < -0.39 is 0 Å². The Morgan fingerprint density at radius 2 is 2.00 bits per heavy atom. The van der Waals surface area contributed by atoms with Gasteiger partial charge in [-0.3, -0.25) is 8.97 Å². The first kappa shape index (κ1) is 9.11. The molecule has 0 aliphatic heterocycles. The quantitative estimate of drug-likeness (QED) is 0.690. The molecule has 0 spiro atoms. The van der Waals surface area contributed by atoms with Crippen molar-refractivity contribution in [2.24, 2.45) is 5.73 Å². The van der Waals surface area contributed by atoms with Gasteiger partial charge >= 0.3 is 0 Å². The summed E-state index contributed by atoms with van der Waals surface area (Å²) in [5.41, 5.74) is 6.55. The lowest BCUT2D eigenvalue weighted by Gasteiger charge is -2.08. The molecule has 0 radical (unpaired) electrons. The number of hydrogen-bond donors (Lipinski definition) is 1. The van der Waals surface area contributed by atoms with E-state index in [1.165, 1.54) is 0 Å². The highest BCUT2D eigenvalue weighted by molar-refractivity contribution is 5.44. The number of hydrogen-bond acceptors (Lipinski definition) is 3. The first-order chi connectivity index (χ1) is 7.90. The molecule has 3 aromatic rings. The minimum absolute atomic E-state index is 0.415. The fourth-order valence-electron chi connectivity index (χ4n) is 1.82. The van der Waals surface area contributed by atoms with Crippen LogP contribution in [0.4, 0.5) is 0 Å². The van der Waals surface area contributed by atoms with Crippen LogP contribution in [0.15, 0.2) is 43.0 Å². The molecule has 16 heavy (non-hydrogen) atoms. The van der Waals surface area contributed by atoms with Crippen LogP contribution in [0, 0.1) is 0 Å². The second-order valence-electron chi connectivity index (χ2n) is 3.46. The lowest BCUT2D eigenvalue weighted by molar-refractivity contribution is 0.836. The molecular weight excluding hydrogens is 202 g/mol. The van der Waals surface area contributed by atoms with Crippen LogP contribution in [0.5, 0.6) is 0 Å². The van der Waals surface area contributed by atoms with Crippen LogP contribution in [0.3, 0.4) is 0 Å². The zero-order valence-corrected chi connectivity index (χ0v) is 8.61. The topological polar surface area (TPSA) is 61.1 Å². The number of rotatable bonds is 2. The Balaban J connectivity index is 2.29. The highest BCUT2D eigenvalue weighted by Crippen LogP contribution is 2.12. The Morgan fingerprint density at radius 3 is 2.88 bits per heavy atom. The van der Waals surface area contributed by atoms with E-state index in [4.69, 9.17) is 5.73 Å². The molecule has 0 saturated heterocycles. The Hall–Kier alpha value is -2.14. The minimum atomic E-state index is 0.415. The third kappa shape index (κ3) is 1.22. The van der Waals surface area contributed by atoms with E-state index in [0.717, 1.165) is 17.3 Å². The average Bonchev–Trinajstić information content (AvgIpc) is 2.96. The van der Waals surface area contributed by atoms with Crippen molar-refractivity contribution < 1.29 is 0 Å². The lowest BCUT2D eigenvalue weighted by atomic mass is 10.4. The Labute approximate surface area is 92.2 Å². The number of nitrogens with zero attached hydrogens (tertiary/aromatic N) is 4. The number of imidazole rings is 2. The molecule has 0 fully saturated rings. The van der Waals surface area contributed by atoms with E-state index in [2.05, 4.69) is 9.97 Å². The summed E-state index contributed by atoms with van der Waals surface area (Å²) in [4.78, 5) is 8.45. The molecule has 0 unspecified atom stereocenters. The molecule has 0 bridgehead atoms. The second-order valence-corrected chi connectivity index (χ2v) is 3.46. The first-order valence-corrected chi connectivity index (χ1v) is 5.05. The van der Waals surface area contributed by atoms with Crippen molar-refractivity contribution in [3.05, 3.63) is 48.8 Å². The summed E-state index contributed by atoms with van der Waals surface area (Å²) in [6.07, 6.45) is 7.35. The maximum absolute atomic E-state index is 5.64. The summed E-state index contributed by atoms with van der Waals surface area (Å²) in [5, 5.41) is 0. The summed E-state index contributed by atoms with van der Waals surface area (Å²) in [6.45, 7) is 0.415. The molecule has 0 saturated carbocycles. The van der Waals surface area contributed by atoms with Crippen LogP contribution in [-0.2, 0) is 6.54 Å². The van der Waals surface area contributed by atoms with Gasteiger partial charge in [0.05, 0.1) is 6.54 Å². The summed E-state index contributed by atoms with van der Waals surface area (Å²) in [7, 11) is 0. The van der Waals surface area contributed by atoms with Gasteiger partial charge in [0.1, 0.15) is 17.3 Å². The van der Waals surface area contributed by atoms with Crippen LogP contribution in [0.2, 0.25) is 0 Å². The normalized spacial score (nSPS) is 11.1. The second kappa shape index (κ2) is 3.46. The molecular formula is C11H11N5. The van der Waals surface area contributed by atoms with Gasteiger partial charge in [0.2, 0.25) is 0 Å². The van der Waals surface area contributed by atoms with Crippen molar-refractivity contribution in [2.75, 3.05) is 0 Å². The van der Waals surface area contributed by atoms with Crippen LogP contribution in [0.25, 0.3) is 11.5 Å². The van der Waals surface area contributed by atoms with Gasteiger partial charge in [-0.2, -0.15) is 0 Å². The third-order valence-corrected chi connectivity index (χ3v) is 2.55. The molecule has 3 heterocycles. The van der Waals surface area contributed by atoms with Crippen molar-refractivity contribution in [3.8, 4) is 5.82 Å². The average molecular weight is 213 g/mol. The molecule has 5 heteroatoms. The maximum Gasteiger partial charge on any atom is 0.138 e. The Morgan fingerprint density at radius 1 is 1.12 bits per heavy atom. The van der Waals surface area contributed by atoms with Gasteiger partial charge in [-0.25, -0.2) is 9.97 Å². The molecule has 0 atom stereocenters. The Bertz CT molecular complexity index is 622. The van der Waals surface area contributed by atoms with Gasteiger partial charge in [0, 0.05) is 24.8 Å². The summed E-state index contributed by atoms with van der Waals surface area (Å²) >= 11 is 0. The SMILES string of the molecule is NCc1nccn1-c1cccc2nccn12. The summed E-state index contributed by atoms with van der Waals surface area (Å²) in [6, 6.07) is 5.94. The molecule has 80 valence electrons. The van der Waals surface area contributed by atoms with E-state index in [1.807, 2.05) is 39.6 Å². The molecule has 0 amide bonds. The zero-order valence-electron chi connectivity index (χ0n) is 8.61. The smallest absolute Gasteiger partial charge is 0.138 e. The van der Waals surface area contributed by atoms with Crippen molar-refractivity contribution in [1.29, 1.82) is 0 Å². The largest absolute Gasteiger partial charge is 0.324 e. The van der Waals surface area contributed by atoms with E-state index in [-0.39, 0.29) is 0 Å². The van der Waals surface area contributed by atoms with E-state index in [9.17, 15) is 0 Å². The maximum atomic E-state index is 5.64. The van der Waals surface area contributed by atoms with Gasteiger partial charge in [-0.15, -0.1) is 0 Å². The van der Waals surface area contributed by atoms with E-state index in [1.54, 1.807) is 12.4 Å². The molecule has 0 aliphatic rings. The predicted molar refractivity (Wildman–Crippen MR) is 60.2 cm³/mol. The number of pyridine rings is 1. The number of aromatic nitrogens is 4. The van der Waals surface area contributed by atoms with Crippen LogP contribution >= 0.6 is 0 Å². The van der Waals surface area contributed by atoms with Gasteiger partial charge in [0.25, 0.3) is 0 Å². The minimum Gasteiger partial charge on any atom is -0.324 e. The van der Waals surface area contributed by atoms with E-state index >= 15 is 0 Å². The summed E-state index contributed by atoms with van der Waals surface area (Å²) < 4.78 is 3.97. The lowest BCUT2D eigenvalue weighted by Crippen LogP contribution is -2.09. The van der Waals surface area contributed by atoms with Crippen LogP contribution in [-0.4, -0.2) is 18.9 Å². The standard InChI is InChI=1S/C11H11N5/c12-8-10-14-5-7-16(10)11-3-1-2-9-13-4-6-15(9)11/h1-7H,8,12H2. The van der Waals surface area contributed by atoms with Crippen molar-refractivity contribution in [2.45, 2.75) is 6.54 Å². The highest BCUT2D eigenvalue weighted by atomic mass is 15.2. The Kier molecular flexibility index (Phi) is 1.97. The molecule has 0 aliphatic carbocycles. The third-order valence-electron chi connectivity index (χ3n) is 2.55. The number of fused-ring (bicyclic) bond motifs is 1. The molecule has 3 rings (SSSR count). The van der Waals surface area contributed by atoms with Crippen LogP contribution in [0.1, 0.15) is 5.82 Å². The van der Waals surface area contributed by atoms with Gasteiger partial charge < -0.3 is 5.73 Å². The monoisotopic (exact) mass is 213 g/mol. The summed E-state index contributed by atoms with van der Waals surface area (Å²) in [5.74, 6) is 1.83.